The molecule has 1 atom stereocenters. The third-order valence-electron chi connectivity index (χ3n) is 5.80. The summed E-state index contributed by atoms with van der Waals surface area (Å²) in [4.78, 5) is 24.4. The molecular formula is C26H29F3N2O5. The number of carbonyl (C=O) groups is 2. The zero-order valence-corrected chi connectivity index (χ0v) is 19.8. The summed E-state index contributed by atoms with van der Waals surface area (Å²) in [6.07, 6.45) is -2.22. The van der Waals surface area contributed by atoms with Crippen molar-refractivity contribution in [2.45, 2.75) is 57.1 Å². The molecule has 1 unspecified atom stereocenters. The molecule has 4 N–H and O–H groups in total. The molecule has 0 heterocycles. The lowest BCUT2D eigenvalue weighted by atomic mass is 9.95. The first kappa shape index (κ1) is 27.1. The van der Waals surface area contributed by atoms with E-state index in [0.717, 1.165) is 5.56 Å². The average Bonchev–Trinajstić information content (AvgIpc) is 2.81. The summed E-state index contributed by atoms with van der Waals surface area (Å²) in [5, 5.41) is 0. The van der Waals surface area contributed by atoms with E-state index in [1.54, 1.807) is 48.5 Å². The van der Waals surface area contributed by atoms with Crippen LogP contribution >= 0.6 is 0 Å². The number of esters is 2. The fourth-order valence-corrected chi connectivity index (χ4v) is 3.91. The van der Waals surface area contributed by atoms with Gasteiger partial charge in [-0.1, -0.05) is 19.1 Å². The Kier molecular flexibility index (Phi) is 8.98. The number of benzene rings is 2. The molecule has 1 fully saturated rings. The van der Waals surface area contributed by atoms with E-state index in [1.165, 1.54) is 6.08 Å². The van der Waals surface area contributed by atoms with Gasteiger partial charge in [-0.3, -0.25) is 4.74 Å². The van der Waals surface area contributed by atoms with Gasteiger partial charge in [0.05, 0.1) is 18.3 Å². The van der Waals surface area contributed by atoms with Crippen LogP contribution in [0.15, 0.2) is 48.5 Å². The van der Waals surface area contributed by atoms with E-state index in [0.29, 0.717) is 35.3 Å². The molecule has 0 aliphatic heterocycles. The Morgan fingerprint density at radius 1 is 1.00 bits per heavy atom. The maximum atomic E-state index is 12.4. The highest BCUT2D eigenvalue weighted by Crippen LogP contribution is 2.29. The van der Waals surface area contributed by atoms with Gasteiger partial charge in [-0.05, 0) is 73.2 Å². The van der Waals surface area contributed by atoms with Gasteiger partial charge >= 0.3 is 18.3 Å². The average molecular weight is 507 g/mol. The summed E-state index contributed by atoms with van der Waals surface area (Å²) in [5.74, 6) is -1.17. The Balaban J connectivity index is 1.43. The summed E-state index contributed by atoms with van der Waals surface area (Å²) in [6, 6.07) is 11.6. The second-order valence-corrected chi connectivity index (χ2v) is 8.79. The first-order valence-electron chi connectivity index (χ1n) is 11.5. The number of ether oxygens (including phenoxy) is 3. The minimum Gasteiger partial charge on any atom is -0.462 e. The maximum Gasteiger partial charge on any atom is 0.522 e. The monoisotopic (exact) mass is 506 g/mol. The van der Waals surface area contributed by atoms with Gasteiger partial charge in [0.15, 0.2) is 0 Å². The van der Waals surface area contributed by atoms with Crippen molar-refractivity contribution in [2.24, 2.45) is 0 Å². The summed E-state index contributed by atoms with van der Waals surface area (Å²) in [7, 11) is 0. The number of hydrogen-bond acceptors (Lipinski definition) is 7. The summed E-state index contributed by atoms with van der Waals surface area (Å²) in [6.45, 7) is 2.05. The third-order valence-corrected chi connectivity index (χ3v) is 5.80. The molecule has 2 aromatic carbocycles. The van der Waals surface area contributed by atoms with E-state index in [9.17, 15) is 22.8 Å². The van der Waals surface area contributed by atoms with Crippen molar-refractivity contribution in [3.8, 4) is 0 Å². The molecule has 1 saturated carbocycles. The van der Waals surface area contributed by atoms with Crippen LogP contribution in [0, 0.1) is 0 Å². The second-order valence-electron chi connectivity index (χ2n) is 8.79. The fourth-order valence-electron chi connectivity index (χ4n) is 3.91. The highest BCUT2D eigenvalue weighted by Gasteiger charge is 2.36. The lowest BCUT2D eigenvalue weighted by Gasteiger charge is -2.28. The van der Waals surface area contributed by atoms with E-state index in [2.05, 4.69) is 4.74 Å². The number of alkyl halides is 3. The molecule has 1 aliphatic rings. The number of nitrogen functional groups attached to an aromatic ring is 2. The number of nitrogens with two attached hydrogens (primary N) is 2. The first-order valence-corrected chi connectivity index (χ1v) is 11.5. The highest BCUT2D eigenvalue weighted by atomic mass is 19.4. The van der Waals surface area contributed by atoms with Crippen molar-refractivity contribution in [3.05, 3.63) is 65.2 Å². The van der Waals surface area contributed by atoms with E-state index in [-0.39, 0.29) is 25.4 Å². The molecule has 0 saturated heterocycles. The molecular weight excluding hydrogens is 477 g/mol. The maximum absolute atomic E-state index is 12.4. The van der Waals surface area contributed by atoms with Crippen LogP contribution in [0.3, 0.4) is 0 Å². The third kappa shape index (κ3) is 8.60. The molecule has 0 bridgehead atoms. The number of halogens is 3. The van der Waals surface area contributed by atoms with Crippen LogP contribution in [0.25, 0.3) is 6.08 Å². The zero-order chi connectivity index (χ0) is 26.3. The zero-order valence-electron chi connectivity index (χ0n) is 19.8. The Bertz CT molecular complexity index is 1060. The molecule has 3 rings (SSSR count). The Morgan fingerprint density at radius 3 is 2.17 bits per heavy atom. The topological polar surface area (TPSA) is 114 Å². The molecule has 1 aliphatic carbocycles. The minimum absolute atomic E-state index is 0.0920. The van der Waals surface area contributed by atoms with Gasteiger partial charge in [0.2, 0.25) is 0 Å². The van der Waals surface area contributed by atoms with Crippen LogP contribution in [0.2, 0.25) is 0 Å². The molecule has 194 valence electrons. The van der Waals surface area contributed by atoms with Crippen molar-refractivity contribution in [2.75, 3.05) is 18.1 Å². The van der Waals surface area contributed by atoms with Gasteiger partial charge in [-0.2, -0.15) is 0 Å². The van der Waals surface area contributed by atoms with Gasteiger partial charge in [0.1, 0.15) is 6.10 Å². The van der Waals surface area contributed by atoms with Crippen LogP contribution < -0.4 is 11.5 Å². The lowest BCUT2D eigenvalue weighted by Crippen LogP contribution is -2.31. The molecule has 2 aromatic rings. The van der Waals surface area contributed by atoms with Crippen LogP contribution in [0.1, 0.15) is 60.0 Å². The number of anilines is 2. The van der Waals surface area contributed by atoms with Crippen LogP contribution in [0.4, 0.5) is 24.5 Å². The number of carbonyl (C=O) groups excluding carboxylic acids is 2. The van der Waals surface area contributed by atoms with Gasteiger partial charge in [0.25, 0.3) is 0 Å². The summed E-state index contributed by atoms with van der Waals surface area (Å²) in [5.41, 5.74) is 14.5. The van der Waals surface area contributed by atoms with Crippen molar-refractivity contribution in [3.63, 3.8) is 0 Å². The SMILES string of the molecule is CC(COC(=O)C=Cc1ccc(C(=O)OC2CCC(OC(F)(F)F)CC2)cc1)c1cc(N)cc(N)c1. The largest absolute Gasteiger partial charge is 0.522 e. The standard InChI is InChI=1S/C26H29F3N2O5/c1-16(19-12-20(30)14-21(31)13-19)15-34-24(32)11-4-17-2-5-18(6-3-17)25(33)35-22-7-9-23(10-8-22)36-26(27,28)29/h2-6,11-14,16,22-23H,7-10,15,30-31H2,1H3. The van der Waals surface area contributed by atoms with E-state index < -0.39 is 30.5 Å². The predicted octanol–water partition coefficient (Wildman–Crippen LogP) is 5.22. The lowest BCUT2D eigenvalue weighted by molar-refractivity contribution is -0.346. The highest BCUT2D eigenvalue weighted by molar-refractivity contribution is 5.90. The molecule has 0 spiro atoms. The van der Waals surface area contributed by atoms with Crippen LogP contribution in [-0.2, 0) is 19.0 Å². The van der Waals surface area contributed by atoms with Crippen LogP contribution in [-0.4, -0.2) is 37.1 Å². The summed E-state index contributed by atoms with van der Waals surface area (Å²) < 4.78 is 51.7. The Morgan fingerprint density at radius 2 is 1.58 bits per heavy atom. The van der Waals surface area contributed by atoms with Gasteiger partial charge in [-0.25, -0.2) is 9.59 Å². The van der Waals surface area contributed by atoms with Gasteiger partial charge < -0.3 is 20.9 Å². The molecule has 7 nitrogen and oxygen atoms in total. The summed E-state index contributed by atoms with van der Waals surface area (Å²) >= 11 is 0. The van der Waals surface area contributed by atoms with E-state index >= 15 is 0 Å². The van der Waals surface area contributed by atoms with E-state index in [1.807, 2.05) is 6.92 Å². The van der Waals surface area contributed by atoms with Crippen molar-refractivity contribution < 1.29 is 37.0 Å². The smallest absolute Gasteiger partial charge is 0.462 e. The fraction of sp³-hybridized carbons (Fsp3) is 0.385. The molecule has 36 heavy (non-hydrogen) atoms. The van der Waals surface area contributed by atoms with Crippen molar-refractivity contribution >= 4 is 29.4 Å². The first-order chi connectivity index (χ1) is 17.0. The predicted molar refractivity (Wildman–Crippen MR) is 129 cm³/mol. The minimum atomic E-state index is -4.66. The quantitative estimate of drug-likeness (QED) is 0.287. The van der Waals surface area contributed by atoms with Crippen LogP contribution in [0.5, 0.6) is 0 Å². The van der Waals surface area contributed by atoms with Crippen molar-refractivity contribution in [1.82, 2.24) is 0 Å². The number of rotatable bonds is 8. The number of hydrogen-bond donors (Lipinski definition) is 2. The Labute approximate surface area is 207 Å². The molecule has 0 radical (unpaired) electrons. The van der Waals surface area contributed by atoms with Gasteiger partial charge in [-0.15, -0.1) is 13.2 Å². The Hall–Kier alpha value is -3.53. The molecule has 0 amide bonds. The molecule has 0 aromatic heterocycles. The van der Waals surface area contributed by atoms with Gasteiger partial charge in [0, 0.05) is 23.4 Å². The van der Waals surface area contributed by atoms with Crippen molar-refractivity contribution in [1.29, 1.82) is 0 Å². The molecule has 10 heteroatoms. The second kappa shape index (κ2) is 11.9. The van der Waals surface area contributed by atoms with E-state index in [4.69, 9.17) is 20.9 Å². The normalized spacial score (nSPS) is 19.1.